The molecule has 7 heteroatoms. The molecule has 0 spiro atoms. The molecule has 2 heterocycles. The number of nitrogens with one attached hydrogen (secondary N) is 1. The summed E-state index contributed by atoms with van der Waals surface area (Å²) < 4.78 is 15.6. The first-order valence-electron chi connectivity index (χ1n) is 6.75. The van der Waals surface area contributed by atoms with Crippen molar-refractivity contribution >= 4 is 5.95 Å². The van der Waals surface area contributed by atoms with E-state index in [-0.39, 0.29) is 6.04 Å². The quantitative estimate of drug-likeness (QED) is 0.820. The van der Waals surface area contributed by atoms with E-state index in [9.17, 15) is 0 Å². The zero-order valence-corrected chi connectivity index (χ0v) is 12.3. The Balaban J connectivity index is 1.93. The molecule has 7 nitrogen and oxygen atoms in total. The van der Waals surface area contributed by atoms with Gasteiger partial charge in [-0.15, -0.1) is 0 Å². The van der Waals surface area contributed by atoms with Crippen LogP contribution in [0.25, 0.3) is 0 Å². The third kappa shape index (κ3) is 4.21. The third-order valence-corrected chi connectivity index (χ3v) is 3.11. The van der Waals surface area contributed by atoms with Gasteiger partial charge in [0.2, 0.25) is 17.7 Å². The van der Waals surface area contributed by atoms with E-state index < -0.39 is 0 Å². The van der Waals surface area contributed by atoms with Gasteiger partial charge in [0.05, 0.1) is 33.5 Å². The van der Waals surface area contributed by atoms with Gasteiger partial charge in [-0.25, -0.2) is 0 Å². The van der Waals surface area contributed by atoms with Crippen molar-refractivity contribution in [2.75, 3.05) is 52.4 Å². The first kappa shape index (κ1) is 14.8. The summed E-state index contributed by atoms with van der Waals surface area (Å²) in [7, 11) is 3.14. The van der Waals surface area contributed by atoms with Gasteiger partial charge in [-0.3, -0.25) is 4.90 Å². The fourth-order valence-corrected chi connectivity index (χ4v) is 2.11. The number of hydrogen-bond donors (Lipinski definition) is 1. The number of rotatable bonds is 6. The largest absolute Gasteiger partial charge is 0.481 e. The van der Waals surface area contributed by atoms with E-state index in [1.165, 1.54) is 0 Å². The molecule has 1 fully saturated rings. The van der Waals surface area contributed by atoms with Gasteiger partial charge in [-0.1, -0.05) is 0 Å². The van der Waals surface area contributed by atoms with Crippen LogP contribution in [0.1, 0.15) is 6.92 Å². The summed E-state index contributed by atoms with van der Waals surface area (Å²) in [6, 6.07) is 1.88. The van der Waals surface area contributed by atoms with Gasteiger partial charge < -0.3 is 19.5 Å². The predicted octanol–water partition coefficient (Wildman–Crippen LogP) is 0.626. The highest BCUT2D eigenvalue weighted by atomic mass is 16.5. The molecule has 112 valence electrons. The fourth-order valence-electron chi connectivity index (χ4n) is 2.11. The van der Waals surface area contributed by atoms with Crippen LogP contribution in [0.4, 0.5) is 5.95 Å². The maximum atomic E-state index is 5.34. The Kier molecular flexibility index (Phi) is 5.37. The fraction of sp³-hybridized carbons (Fsp3) is 0.692. The Morgan fingerprint density at radius 3 is 2.40 bits per heavy atom. The van der Waals surface area contributed by atoms with Gasteiger partial charge in [0.1, 0.15) is 0 Å². The van der Waals surface area contributed by atoms with Gasteiger partial charge in [0.25, 0.3) is 0 Å². The van der Waals surface area contributed by atoms with Crippen LogP contribution in [-0.4, -0.2) is 68.0 Å². The van der Waals surface area contributed by atoms with Gasteiger partial charge in [-0.05, 0) is 6.92 Å². The minimum Gasteiger partial charge on any atom is -0.481 e. The van der Waals surface area contributed by atoms with E-state index in [0.29, 0.717) is 17.7 Å². The summed E-state index contributed by atoms with van der Waals surface area (Å²) in [5.74, 6) is 1.48. The van der Waals surface area contributed by atoms with Crippen molar-refractivity contribution in [3.63, 3.8) is 0 Å². The lowest BCUT2D eigenvalue weighted by atomic mass is 10.3. The molecule has 1 aliphatic rings. The zero-order chi connectivity index (χ0) is 14.4. The lowest BCUT2D eigenvalue weighted by Gasteiger charge is -2.29. The number of methoxy groups -OCH3 is 2. The second-order valence-electron chi connectivity index (χ2n) is 4.73. The van der Waals surface area contributed by atoms with Crippen LogP contribution in [0, 0.1) is 0 Å². The molecule has 0 amide bonds. The summed E-state index contributed by atoms with van der Waals surface area (Å²) >= 11 is 0. The van der Waals surface area contributed by atoms with Gasteiger partial charge in [-0.2, -0.15) is 9.97 Å². The van der Waals surface area contributed by atoms with Crippen molar-refractivity contribution in [1.29, 1.82) is 0 Å². The number of ether oxygens (including phenoxy) is 3. The molecule has 1 saturated heterocycles. The molecule has 2 rings (SSSR count). The summed E-state index contributed by atoms with van der Waals surface area (Å²) in [6.07, 6.45) is 0. The lowest BCUT2D eigenvalue weighted by molar-refractivity contribution is 0.0368. The van der Waals surface area contributed by atoms with Crippen LogP contribution in [0.3, 0.4) is 0 Å². The van der Waals surface area contributed by atoms with E-state index in [0.717, 1.165) is 32.8 Å². The van der Waals surface area contributed by atoms with E-state index in [1.54, 1.807) is 20.3 Å². The van der Waals surface area contributed by atoms with E-state index in [1.807, 2.05) is 0 Å². The normalized spacial score (nSPS) is 17.6. The molecule has 0 saturated carbocycles. The highest BCUT2D eigenvalue weighted by molar-refractivity contribution is 5.34. The summed E-state index contributed by atoms with van der Waals surface area (Å²) in [5.41, 5.74) is 0. The summed E-state index contributed by atoms with van der Waals surface area (Å²) in [5, 5.41) is 3.27. The van der Waals surface area contributed by atoms with Crippen molar-refractivity contribution in [3.8, 4) is 11.8 Å². The number of anilines is 1. The smallest absolute Gasteiger partial charge is 0.229 e. The first-order chi connectivity index (χ1) is 9.71. The standard InChI is InChI=1S/C13H22N4O3/c1-10(9-17-4-6-20-7-5-17)14-13-15-11(18-2)8-12(16-13)19-3/h8,10H,4-7,9H2,1-3H3,(H,14,15,16). The molecule has 20 heavy (non-hydrogen) atoms. The average molecular weight is 282 g/mol. The van der Waals surface area contributed by atoms with Crippen molar-refractivity contribution < 1.29 is 14.2 Å². The Labute approximate surface area is 119 Å². The highest BCUT2D eigenvalue weighted by Crippen LogP contribution is 2.17. The van der Waals surface area contributed by atoms with E-state index in [2.05, 4.69) is 27.1 Å². The minimum atomic E-state index is 0.227. The topological polar surface area (TPSA) is 68.7 Å². The van der Waals surface area contributed by atoms with Crippen molar-refractivity contribution in [3.05, 3.63) is 6.07 Å². The van der Waals surface area contributed by atoms with Crippen molar-refractivity contribution in [2.24, 2.45) is 0 Å². The number of morpholine rings is 1. The molecule has 0 aromatic carbocycles. The average Bonchev–Trinajstić information content (AvgIpc) is 2.47. The molecule has 0 radical (unpaired) electrons. The first-order valence-corrected chi connectivity index (χ1v) is 6.75. The number of hydrogen-bond acceptors (Lipinski definition) is 7. The molecule has 1 aromatic heterocycles. The molecule has 0 bridgehead atoms. The van der Waals surface area contributed by atoms with Crippen LogP contribution >= 0.6 is 0 Å². The molecular weight excluding hydrogens is 260 g/mol. The van der Waals surface area contributed by atoms with Crippen LogP contribution in [0.2, 0.25) is 0 Å². The molecule has 1 N–H and O–H groups in total. The zero-order valence-electron chi connectivity index (χ0n) is 12.3. The number of aromatic nitrogens is 2. The Morgan fingerprint density at radius 2 is 1.85 bits per heavy atom. The van der Waals surface area contributed by atoms with E-state index >= 15 is 0 Å². The van der Waals surface area contributed by atoms with E-state index in [4.69, 9.17) is 14.2 Å². The molecule has 1 atom stereocenters. The monoisotopic (exact) mass is 282 g/mol. The predicted molar refractivity (Wildman–Crippen MR) is 75.5 cm³/mol. The SMILES string of the molecule is COc1cc(OC)nc(NC(C)CN2CCOCC2)n1. The maximum Gasteiger partial charge on any atom is 0.229 e. The van der Waals surface area contributed by atoms with Crippen LogP contribution in [0.5, 0.6) is 11.8 Å². The van der Waals surface area contributed by atoms with Crippen LogP contribution < -0.4 is 14.8 Å². The summed E-state index contributed by atoms with van der Waals surface area (Å²) in [4.78, 5) is 10.9. The van der Waals surface area contributed by atoms with Crippen LogP contribution in [0.15, 0.2) is 6.07 Å². The minimum absolute atomic E-state index is 0.227. The second kappa shape index (κ2) is 7.25. The molecule has 0 aliphatic carbocycles. The Morgan fingerprint density at radius 1 is 1.25 bits per heavy atom. The third-order valence-electron chi connectivity index (χ3n) is 3.11. The van der Waals surface area contributed by atoms with Crippen LogP contribution in [-0.2, 0) is 4.74 Å². The molecule has 1 unspecified atom stereocenters. The lowest BCUT2D eigenvalue weighted by Crippen LogP contribution is -2.42. The molecular formula is C13H22N4O3. The van der Waals surface area contributed by atoms with Crippen molar-refractivity contribution in [1.82, 2.24) is 14.9 Å². The van der Waals surface area contributed by atoms with Gasteiger partial charge >= 0.3 is 0 Å². The maximum absolute atomic E-state index is 5.34. The second-order valence-corrected chi connectivity index (χ2v) is 4.73. The number of nitrogens with zero attached hydrogens (tertiary/aromatic N) is 3. The Bertz CT molecular complexity index is 402. The van der Waals surface area contributed by atoms with Gasteiger partial charge in [0.15, 0.2) is 0 Å². The van der Waals surface area contributed by atoms with Crippen molar-refractivity contribution in [2.45, 2.75) is 13.0 Å². The summed E-state index contributed by atoms with van der Waals surface area (Å²) in [6.45, 7) is 6.56. The molecule has 1 aromatic rings. The van der Waals surface area contributed by atoms with Gasteiger partial charge in [0, 0.05) is 25.7 Å². The highest BCUT2D eigenvalue weighted by Gasteiger charge is 2.15. The molecule has 1 aliphatic heterocycles. The Hall–Kier alpha value is -1.60.